The van der Waals surface area contributed by atoms with Crippen molar-refractivity contribution >= 4 is 17.0 Å². The molecule has 4 heteroatoms. The maximum absolute atomic E-state index is 11.8. The van der Waals surface area contributed by atoms with Gasteiger partial charge >= 0.3 is 6.01 Å². The van der Waals surface area contributed by atoms with Crippen molar-refractivity contribution in [2.45, 2.75) is 19.3 Å². The van der Waals surface area contributed by atoms with E-state index in [2.05, 4.69) is 9.88 Å². The van der Waals surface area contributed by atoms with Crippen LogP contribution in [0.2, 0.25) is 0 Å². The molecule has 1 aliphatic rings. The molecular formula is C13H14N2O2. The number of hydrogen-bond acceptors (Lipinski definition) is 4. The molecule has 0 bridgehead atoms. The third kappa shape index (κ3) is 1.90. The third-order valence-electron chi connectivity index (χ3n) is 3.14. The molecule has 0 unspecified atom stereocenters. The van der Waals surface area contributed by atoms with Crippen LogP contribution in [0, 0.1) is 0 Å². The molecule has 0 radical (unpaired) electrons. The van der Waals surface area contributed by atoms with Gasteiger partial charge in [-0.2, -0.15) is 4.98 Å². The topological polar surface area (TPSA) is 46.3 Å². The number of para-hydroxylation sites is 1. The monoisotopic (exact) mass is 230 g/mol. The lowest BCUT2D eigenvalue weighted by atomic mass is 10.1. The Morgan fingerprint density at radius 1 is 1.12 bits per heavy atom. The van der Waals surface area contributed by atoms with Crippen LogP contribution in [0.5, 0.6) is 0 Å². The summed E-state index contributed by atoms with van der Waals surface area (Å²) in [4.78, 5) is 17.9. The number of rotatable bonds is 1. The van der Waals surface area contributed by atoms with Crippen molar-refractivity contribution in [2.24, 2.45) is 0 Å². The minimum atomic E-state index is -0.201. The highest BCUT2D eigenvalue weighted by atomic mass is 16.4. The SMILES string of the molecule is O=c1nc(N2CCCCC2)oc2ccccc12. The molecule has 1 fully saturated rings. The molecule has 88 valence electrons. The van der Waals surface area contributed by atoms with Crippen LogP contribution in [-0.4, -0.2) is 18.1 Å². The molecule has 0 N–H and O–H groups in total. The summed E-state index contributed by atoms with van der Waals surface area (Å²) in [6.07, 6.45) is 3.52. The molecular weight excluding hydrogens is 216 g/mol. The zero-order valence-corrected chi connectivity index (χ0v) is 9.56. The van der Waals surface area contributed by atoms with E-state index in [1.165, 1.54) is 6.42 Å². The first-order valence-corrected chi connectivity index (χ1v) is 5.99. The Kier molecular flexibility index (Phi) is 2.55. The van der Waals surface area contributed by atoms with Crippen molar-refractivity contribution in [3.63, 3.8) is 0 Å². The maximum atomic E-state index is 11.8. The first kappa shape index (κ1) is 10.3. The highest BCUT2D eigenvalue weighted by molar-refractivity contribution is 5.75. The van der Waals surface area contributed by atoms with E-state index < -0.39 is 0 Å². The van der Waals surface area contributed by atoms with Gasteiger partial charge in [-0.1, -0.05) is 12.1 Å². The second-order valence-corrected chi connectivity index (χ2v) is 4.35. The summed E-state index contributed by atoms with van der Waals surface area (Å²) in [5, 5.41) is 0.549. The van der Waals surface area contributed by atoms with Crippen LogP contribution in [0.4, 0.5) is 6.01 Å². The van der Waals surface area contributed by atoms with Gasteiger partial charge in [0.1, 0.15) is 5.58 Å². The summed E-state index contributed by atoms with van der Waals surface area (Å²) in [6.45, 7) is 1.85. The van der Waals surface area contributed by atoms with Gasteiger partial charge in [0, 0.05) is 13.1 Å². The minimum Gasteiger partial charge on any atom is -0.425 e. The molecule has 0 aliphatic carbocycles. The van der Waals surface area contributed by atoms with Gasteiger partial charge in [0.15, 0.2) is 0 Å². The quantitative estimate of drug-likeness (QED) is 0.753. The van der Waals surface area contributed by atoms with E-state index in [0.29, 0.717) is 17.0 Å². The summed E-state index contributed by atoms with van der Waals surface area (Å²) in [5.74, 6) is 0. The van der Waals surface area contributed by atoms with Gasteiger partial charge in [0.2, 0.25) is 0 Å². The Balaban J connectivity index is 2.08. The van der Waals surface area contributed by atoms with Gasteiger partial charge in [-0.15, -0.1) is 0 Å². The van der Waals surface area contributed by atoms with E-state index >= 15 is 0 Å². The van der Waals surface area contributed by atoms with Crippen LogP contribution in [0.15, 0.2) is 33.5 Å². The number of aromatic nitrogens is 1. The molecule has 1 aromatic carbocycles. The Morgan fingerprint density at radius 2 is 1.88 bits per heavy atom. The molecule has 0 atom stereocenters. The summed E-state index contributed by atoms with van der Waals surface area (Å²) < 4.78 is 5.70. The lowest BCUT2D eigenvalue weighted by molar-refractivity contribution is 0.497. The van der Waals surface area contributed by atoms with Crippen LogP contribution >= 0.6 is 0 Å². The highest BCUT2D eigenvalue weighted by Gasteiger charge is 2.16. The van der Waals surface area contributed by atoms with E-state index in [1.54, 1.807) is 6.07 Å². The fraction of sp³-hybridized carbons (Fsp3) is 0.385. The molecule has 0 spiro atoms. The van der Waals surface area contributed by atoms with E-state index in [1.807, 2.05) is 18.2 Å². The molecule has 0 amide bonds. The predicted molar refractivity (Wildman–Crippen MR) is 66.3 cm³/mol. The number of hydrogen-bond donors (Lipinski definition) is 0. The van der Waals surface area contributed by atoms with Gasteiger partial charge in [-0.3, -0.25) is 4.79 Å². The average molecular weight is 230 g/mol. The van der Waals surface area contributed by atoms with E-state index in [-0.39, 0.29) is 5.56 Å². The number of anilines is 1. The summed E-state index contributed by atoms with van der Waals surface area (Å²) >= 11 is 0. The molecule has 3 rings (SSSR count). The fourth-order valence-corrected chi connectivity index (χ4v) is 2.22. The molecule has 1 aromatic heterocycles. The van der Waals surface area contributed by atoms with Gasteiger partial charge < -0.3 is 9.32 Å². The van der Waals surface area contributed by atoms with Crippen molar-refractivity contribution in [1.29, 1.82) is 0 Å². The molecule has 2 aromatic rings. The van der Waals surface area contributed by atoms with E-state index in [0.717, 1.165) is 25.9 Å². The molecule has 4 nitrogen and oxygen atoms in total. The molecule has 0 saturated carbocycles. The lowest BCUT2D eigenvalue weighted by Gasteiger charge is -2.25. The van der Waals surface area contributed by atoms with Crippen molar-refractivity contribution < 1.29 is 4.42 Å². The molecule has 1 saturated heterocycles. The van der Waals surface area contributed by atoms with Crippen LogP contribution < -0.4 is 10.5 Å². The van der Waals surface area contributed by atoms with Crippen molar-refractivity contribution in [2.75, 3.05) is 18.0 Å². The smallest absolute Gasteiger partial charge is 0.301 e. The van der Waals surface area contributed by atoms with Crippen molar-refractivity contribution in [3.8, 4) is 0 Å². The summed E-state index contributed by atoms with van der Waals surface area (Å²) in [6, 6.07) is 7.71. The molecule has 2 heterocycles. The highest BCUT2D eigenvalue weighted by Crippen LogP contribution is 2.19. The summed E-state index contributed by atoms with van der Waals surface area (Å²) in [7, 11) is 0. The Labute approximate surface area is 98.9 Å². The van der Waals surface area contributed by atoms with Gasteiger partial charge in [-0.05, 0) is 31.4 Å². The third-order valence-corrected chi connectivity index (χ3v) is 3.14. The van der Waals surface area contributed by atoms with Gasteiger partial charge in [-0.25, -0.2) is 0 Å². The normalized spacial score (nSPS) is 16.4. The molecule has 17 heavy (non-hydrogen) atoms. The predicted octanol–water partition coefficient (Wildman–Crippen LogP) is 2.18. The largest absolute Gasteiger partial charge is 0.425 e. The first-order valence-electron chi connectivity index (χ1n) is 5.99. The second-order valence-electron chi connectivity index (χ2n) is 4.35. The number of nitrogens with zero attached hydrogens (tertiary/aromatic N) is 2. The van der Waals surface area contributed by atoms with Crippen molar-refractivity contribution in [3.05, 3.63) is 34.6 Å². The lowest BCUT2D eigenvalue weighted by Crippen LogP contribution is -2.31. The van der Waals surface area contributed by atoms with E-state index in [4.69, 9.17) is 4.42 Å². The Bertz CT molecular complexity index is 585. The standard InChI is InChI=1S/C13H14N2O2/c16-12-10-6-2-3-7-11(10)17-13(14-12)15-8-4-1-5-9-15/h2-3,6-7H,1,4-5,8-9H2. The van der Waals surface area contributed by atoms with E-state index in [9.17, 15) is 4.79 Å². The maximum Gasteiger partial charge on any atom is 0.301 e. The minimum absolute atomic E-state index is 0.201. The van der Waals surface area contributed by atoms with Crippen molar-refractivity contribution in [1.82, 2.24) is 4.98 Å². The Hall–Kier alpha value is -1.84. The fourth-order valence-electron chi connectivity index (χ4n) is 2.22. The van der Waals surface area contributed by atoms with Gasteiger partial charge in [0.25, 0.3) is 5.56 Å². The zero-order valence-electron chi connectivity index (χ0n) is 9.56. The summed E-state index contributed by atoms with van der Waals surface area (Å²) in [5.41, 5.74) is 0.417. The Morgan fingerprint density at radius 3 is 2.71 bits per heavy atom. The van der Waals surface area contributed by atoms with Crippen LogP contribution in [0.3, 0.4) is 0 Å². The van der Waals surface area contributed by atoms with Gasteiger partial charge in [0.05, 0.1) is 5.39 Å². The second kappa shape index (κ2) is 4.20. The number of fused-ring (bicyclic) bond motifs is 1. The first-order chi connectivity index (χ1) is 8.34. The number of benzene rings is 1. The zero-order chi connectivity index (χ0) is 11.7. The average Bonchev–Trinajstić information content (AvgIpc) is 2.40. The van der Waals surface area contributed by atoms with Crippen LogP contribution in [0.1, 0.15) is 19.3 Å². The van der Waals surface area contributed by atoms with Crippen LogP contribution in [0.25, 0.3) is 11.0 Å². The van der Waals surface area contributed by atoms with Crippen LogP contribution in [-0.2, 0) is 0 Å². The number of piperidine rings is 1. The molecule has 1 aliphatic heterocycles.